The number of nitrogen functional groups attached to an aromatic ring is 1. The van der Waals surface area contributed by atoms with Crippen molar-refractivity contribution < 1.29 is 9.53 Å². The number of carbonyl (C=O) groups excluding carboxylic acids is 1. The molecule has 0 fully saturated rings. The van der Waals surface area contributed by atoms with Gasteiger partial charge in [0.15, 0.2) is 0 Å². The maximum Gasteiger partial charge on any atom is 0.257 e. The molecule has 3 N–H and O–H groups in total. The van der Waals surface area contributed by atoms with E-state index in [0.29, 0.717) is 27.7 Å². The molecule has 1 aromatic heterocycles. The molecule has 0 aliphatic heterocycles. The quantitative estimate of drug-likeness (QED) is 0.846. The first-order valence-electron chi connectivity index (χ1n) is 5.46. The zero-order valence-electron chi connectivity index (χ0n) is 10.2. The molecule has 6 heteroatoms. The molecule has 0 unspecified atom stereocenters. The van der Waals surface area contributed by atoms with Crippen molar-refractivity contribution in [3.8, 4) is 5.75 Å². The second-order valence-corrected chi connectivity index (χ2v) is 4.17. The molecule has 98 valence electrons. The van der Waals surface area contributed by atoms with Gasteiger partial charge in [-0.25, -0.2) is 0 Å². The normalized spacial score (nSPS) is 10.0. The predicted molar refractivity (Wildman–Crippen MR) is 74.6 cm³/mol. The lowest BCUT2D eigenvalue weighted by Crippen LogP contribution is -2.14. The number of hydrogen-bond donors (Lipinski definition) is 2. The maximum absolute atomic E-state index is 12.1. The third-order valence-electron chi connectivity index (χ3n) is 2.52. The smallest absolute Gasteiger partial charge is 0.257 e. The third kappa shape index (κ3) is 2.95. The summed E-state index contributed by atoms with van der Waals surface area (Å²) in [6.45, 7) is 0. The minimum atomic E-state index is -0.369. The van der Waals surface area contributed by atoms with E-state index in [4.69, 9.17) is 22.1 Å². The zero-order valence-corrected chi connectivity index (χ0v) is 10.9. The van der Waals surface area contributed by atoms with Crippen molar-refractivity contribution >= 4 is 28.9 Å². The number of rotatable bonds is 3. The number of carbonyl (C=O) groups is 1. The largest absolute Gasteiger partial charge is 0.497 e. The van der Waals surface area contributed by atoms with Gasteiger partial charge in [-0.2, -0.15) is 0 Å². The van der Waals surface area contributed by atoms with Gasteiger partial charge in [0.1, 0.15) is 5.75 Å². The molecule has 2 rings (SSSR count). The number of hydrogen-bond acceptors (Lipinski definition) is 4. The summed E-state index contributed by atoms with van der Waals surface area (Å²) in [7, 11) is 1.52. The van der Waals surface area contributed by atoms with Crippen molar-refractivity contribution in [1.29, 1.82) is 0 Å². The first kappa shape index (κ1) is 13.2. The summed E-state index contributed by atoms with van der Waals surface area (Å²) in [5.41, 5.74) is 6.88. The summed E-state index contributed by atoms with van der Waals surface area (Å²) in [6.07, 6.45) is 3.01. The Kier molecular flexibility index (Phi) is 3.87. The fourth-order valence-corrected chi connectivity index (χ4v) is 1.67. The van der Waals surface area contributed by atoms with Gasteiger partial charge in [-0.3, -0.25) is 9.78 Å². The number of anilines is 2. The SMILES string of the molecule is COc1ccc(N)c(C(=O)Nc2cnccc2Cl)c1. The van der Waals surface area contributed by atoms with Crippen LogP contribution in [-0.4, -0.2) is 18.0 Å². The van der Waals surface area contributed by atoms with Gasteiger partial charge in [-0.15, -0.1) is 0 Å². The summed E-state index contributed by atoms with van der Waals surface area (Å²) in [6, 6.07) is 6.45. The first-order valence-corrected chi connectivity index (χ1v) is 5.84. The van der Waals surface area contributed by atoms with Gasteiger partial charge >= 0.3 is 0 Å². The van der Waals surface area contributed by atoms with Gasteiger partial charge in [0, 0.05) is 11.9 Å². The summed E-state index contributed by atoms with van der Waals surface area (Å²) >= 11 is 5.94. The highest BCUT2D eigenvalue weighted by Crippen LogP contribution is 2.23. The monoisotopic (exact) mass is 277 g/mol. The van der Waals surface area contributed by atoms with Crippen LogP contribution in [-0.2, 0) is 0 Å². The average Bonchev–Trinajstić information content (AvgIpc) is 2.42. The number of nitrogens with one attached hydrogen (secondary N) is 1. The number of benzene rings is 1. The van der Waals surface area contributed by atoms with Gasteiger partial charge in [0.25, 0.3) is 5.91 Å². The lowest BCUT2D eigenvalue weighted by Gasteiger charge is -2.09. The highest BCUT2D eigenvalue weighted by molar-refractivity contribution is 6.33. The van der Waals surface area contributed by atoms with Gasteiger partial charge in [0.05, 0.1) is 29.6 Å². The minimum Gasteiger partial charge on any atom is -0.497 e. The van der Waals surface area contributed by atoms with Crippen LogP contribution in [0.15, 0.2) is 36.7 Å². The van der Waals surface area contributed by atoms with Crippen molar-refractivity contribution in [2.24, 2.45) is 0 Å². The molecule has 19 heavy (non-hydrogen) atoms. The molecule has 2 aromatic rings. The van der Waals surface area contributed by atoms with E-state index in [2.05, 4.69) is 10.3 Å². The Morgan fingerprint density at radius 2 is 2.21 bits per heavy atom. The van der Waals surface area contributed by atoms with E-state index in [9.17, 15) is 4.79 Å². The molecule has 0 aliphatic carbocycles. The summed E-state index contributed by atoms with van der Waals surface area (Å²) < 4.78 is 5.06. The number of amides is 1. The molecule has 1 amide bonds. The lowest BCUT2D eigenvalue weighted by atomic mass is 10.1. The van der Waals surface area contributed by atoms with Crippen LogP contribution >= 0.6 is 11.6 Å². The summed E-state index contributed by atoms with van der Waals surface area (Å²) in [4.78, 5) is 16.0. The van der Waals surface area contributed by atoms with Crippen molar-refractivity contribution in [2.45, 2.75) is 0 Å². The lowest BCUT2D eigenvalue weighted by molar-refractivity contribution is 0.102. The molecule has 0 saturated heterocycles. The average molecular weight is 278 g/mol. The Balaban J connectivity index is 2.28. The standard InChI is InChI=1S/C13H12ClN3O2/c1-19-8-2-3-11(15)9(6-8)13(18)17-12-7-16-5-4-10(12)14/h2-7H,15H2,1H3,(H,17,18). The third-order valence-corrected chi connectivity index (χ3v) is 2.85. The predicted octanol–water partition coefficient (Wildman–Crippen LogP) is 2.58. The molecule has 0 radical (unpaired) electrons. The van der Waals surface area contributed by atoms with Crippen LogP contribution in [0.25, 0.3) is 0 Å². The zero-order chi connectivity index (χ0) is 13.8. The van der Waals surface area contributed by atoms with Gasteiger partial charge < -0.3 is 15.8 Å². The molecule has 0 saturated carbocycles. The van der Waals surface area contributed by atoms with Crippen molar-refractivity contribution in [3.05, 3.63) is 47.2 Å². The van der Waals surface area contributed by atoms with Crippen LogP contribution in [0.5, 0.6) is 5.75 Å². The molecule has 0 spiro atoms. The number of pyridine rings is 1. The number of aromatic nitrogens is 1. The van der Waals surface area contributed by atoms with Crippen molar-refractivity contribution in [1.82, 2.24) is 4.98 Å². The second-order valence-electron chi connectivity index (χ2n) is 3.76. The van der Waals surface area contributed by atoms with Crippen LogP contribution in [0, 0.1) is 0 Å². The number of halogens is 1. The molecule has 0 aliphatic rings. The number of nitrogens with zero attached hydrogens (tertiary/aromatic N) is 1. The van der Waals surface area contributed by atoms with Crippen molar-refractivity contribution in [3.63, 3.8) is 0 Å². The topological polar surface area (TPSA) is 77.2 Å². The molecule has 0 atom stereocenters. The van der Waals surface area contributed by atoms with Crippen LogP contribution in [0.1, 0.15) is 10.4 Å². The number of ether oxygens (including phenoxy) is 1. The van der Waals surface area contributed by atoms with Crippen LogP contribution in [0.3, 0.4) is 0 Å². The maximum atomic E-state index is 12.1. The Labute approximate surface area is 115 Å². The molecular weight excluding hydrogens is 266 g/mol. The van der Waals surface area contributed by atoms with E-state index in [-0.39, 0.29) is 5.91 Å². The molecule has 1 aromatic carbocycles. The van der Waals surface area contributed by atoms with E-state index in [1.807, 2.05) is 0 Å². The van der Waals surface area contributed by atoms with Crippen molar-refractivity contribution in [2.75, 3.05) is 18.2 Å². The fraction of sp³-hybridized carbons (Fsp3) is 0.0769. The van der Waals surface area contributed by atoms with Gasteiger partial charge in [-0.05, 0) is 24.3 Å². The second kappa shape index (κ2) is 5.58. The Bertz CT molecular complexity index is 617. The number of nitrogens with two attached hydrogens (primary N) is 1. The highest BCUT2D eigenvalue weighted by atomic mass is 35.5. The van der Waals surface area contributed by atoms with E-state index < -0.39 is 0 Å². The Hall–Kier alpha value is -2.27. The summed E-state index contributed by atoms with van der Waals surface area (Å²) in [5.74, 6) is 0.183. The van der Waals surface area contributed by atoms with Gasteiger partial charge in [-0.1, -0.05) is 11.6 Å². The Morgan fingerprint density at radius 1 is 1.42 bits per heavy atom. The minimum absolute atomic E-state index is 0.319. The summed E-state index contributed by atoms with van der Waals surface area (Å²) in [5, 5.41) is 3.06. The first-order chi connectivity index (χ1) is 9.11. The van der Waals surface area contributed by atoms with Gasteiger partial charge in [0.2, 0.25) is 0 Å². The van der Waals surface area contributed by atoms with E-state index in [0.717, 1.165) is 0 Å². The van der Waals surface area contributed by atoms with E-state index >= 15 is 0 Å². The number of methoxy groups -OCH3 is 1. The van der Waals surface area contributed by atoms with E-state index in [1.54, 1.807) is 24.3 Å². The molecular formula is C13H12ClN3O2. The molecule has 0 bridgehead atoms. The Morgan fingerprint density at radius 3 is 2.89 bits per heavy atom. The van der Waals surface area contributed by atoms with E-state index in [1.165, 1.54) is 19.5 Å². The fourth-order valence-electron chi connectivity index (χ4n) is 1.52. The van der Waals surface area contributed by atoms with Crippen LogP contribution in [0.4, 0.5) is 11.4 Å². The van der Waals surface area contributed by atoms with Crippen LogP contribution < -0.4 is 15.8 Å². The highest BCUT2D eigenvalue weighted by Gasteiger charge is 2.12. The molecule has 5 nitrogen and oxygen atoms in total. The molecule has 1 heterocycles. The van der Waals surface area contributed by atoms with Crippen LogP contribution in [0.2, 0.25) is 5.02 Å².